The van der Waals surface area contributed by atoms with Gasteiger partial charge < -0.3 is 5.32 Å². The summed E-state index contributed by atoms with van der Waals surface area (Å²) >= 11 is 1.03. The molecular weight excluding hydrogens is 390 g/mol. The van der Waals surface area contributed by atoms with Crippen molar-refractivity contribution in [3.8, 4) is 0 Å². The fraction of sp³-hybridized carbons (Fsp3) is 0.308. The van der Waals surface area contributed by atoms with Crippen LogP contribution in [-0.4, -0.2) is 17.6 Å². The first-order chi connectivity index (χ1) is 14.7. The largest absolute Gasteiger partial charge is 0.353 e. The minimum Gasteiger partial charge on any atom is -0.353 e. The summed E-state index contributed by atoms with van der Waals surface area (Å²) in [7, 11) is 0. The molecule has 2 aromatic rings. The number of amides is 1. The van der Waals surface area contributed by atoms with Crippen molar-refractivity contribution in [3.63, 3.8) is 0 Å². The van der Waals surface area contributed by atoms with Crippen molar-refractivity contribution in [1.29, 1.82) is 0 Å². The van der Waals surface area contributed by atoms with Crippen LogP contribution in [0.5, 0.6) is 0 Å². The van der Waals surface area contributed by atoms with Crippen LogP contribution in [0.25, 0.3) is 11.6 Å². The van der Waals surface area contributed by atoms with Gasteiger partial charge in [0.1, 0.15) is 0 Å². The number of carbonyl (C=O) groups is 2. The van der Waals surface area contributed by atoms with Gasteiger partial charge in [0.05, 0.1) is 0 Å². The zero-order valence-corrected chi connectivity index (χ0v) is 18.5. The van der Waals surface area contributed by atoms with E-state index in [2.05, 4.69) is 12.2 Å². The number of rotatable bonds is 12. The molecule has 0 bridgehead atoms. The van der Waals surface area contributed by atoms with Crippen LogP contribution in [0.3, 0.4) is 0 Å². The zero-order valence-electron chi connectivity index (χ0n) is 17.7. The Labute approximate surface area is 184 Å². The molecular formula is C26H31NO2S. The normalized spacial score (nSPS) is 11.6. The van der Waals surface area contributed by atoms with Gasteiger partial charge in [-0.3, -0.25) is 9.59 Å². The number of hydrogen-bond donors (Lipinski definition) is 1. The molecule has 1 N–H and O–H groups in total. The maximum Gasteiger partial charge on any atom is 0.244 e. The molecule has 0 aliphatic carbocycles. The highest BCUT2D eigenvalue weighted by Crippen LogP contribution is 2.25. The molecule has 2 rings (SSSR count). The van der Waals surface area contributed by atoms with Crippen LogP contribution in [-0.2, 0) is 9.59 Å². The SMILES string of the molecule is CCCCCCCCNC(=O)C=CSC(=O)C(=Cc1ccccc1)c1ccccc1. The van der Waals surface area contributed by atoms with Gasteiger partial charge in [-0.05, 0) is 29.0 Å². The standard InChI is InChI=1S/C26H31NO2S/c1-2-3-4-5-6-13-19-27-25(28)18-20-30-26(29)24(23-16-11-8-12-17-23)21-22-14-9-7-10-15-22/h7-12,14-18,20-21H,2-6,13,19H2,1H3,(H,27,28). The summed E-state index contributed by atoms with van der Waals surface area (Å²) in [6.07, 6.45) is 10.5. The van der Waals surface area contributed by atoms with Crippen LogP contribution in [0.2, 0.25) is 0 Å². The lowest BCUT2D eigenvalue weighted by Crippen LogP contribution is -2.21. The third-order valence-corrected chi connectivity index (χ3v) is 5.35. The molecule has 0 saturated carbocycles. The molecule has 30 heavy (non-hydrogen) atoms. The van der Waals surface area contributed by atoms with Gasteiger partial charge in [0.25, 0.3) is 0 Å². The van der Waals surface area contributed by atoms with Gasteiger partial charge in [0.2, 0.25) is 11.0 Å². The number of carbonyl (C=O) groups excluding carboxylic acids is 2. The van der Waals surface area contributed by atoms with E-state index >= 15 is 0 Å². The molecule has 0 aliphatic rings. The Bertz CT molecular complexity index is 829. The van der Waals surface area contributed by atoms with E-state index in [1.165, 1.54) is 31.8 Å². The summed E-state index contributed by atoms with van der Waals surface area (Å²) in [5.41, 5.74) is 2.44. The molecule has 3 nitrogen and oxygen atoms in total. The Morgan fingerprint density at radius 3 is 2.20 bits per heavy atom. The van der Waals surface area contributed by atoms with E-state index in [9.17, 15) is 9.59 Å². The maximum atomic E-state index is 12.8. The predicted octanol–water partition coefficient (Wildman–Crippen LogP) is 6.48. The van der Waals surface area contributed by atoms with Gasteiger partial charge in [-0.2, -0.15) is 0 Å². The molecule has 0 spiro atoms. The molecule has 1 amide bonds. The van der Waals surface area contributed by atoms with Crippen LogP contribution in [0.1, 0.15) is 56.6 Å². The molecule has 0 radical (unpaired) electrons. The smallest absolute Gasteiger partial charge is 0.244 e. The van der Waals surface area contributed by atoms with Crippen molar-refractivity contribution in [3.05, 3.63) is 83.3 Å². The van der Waals surface area contributed by atoms with Crippen molar-refractivity contribution in [2.45, 2.75) is 45.4 Å². The van der Waals surface area contributed by atoms with E-state index in [0.29, 0.717) is 12.1 Å². The number of nitrogens with one attached hydrogen (secondary N) is 1. The van der Waals surface area contributed by atoms with Crippen LogP contribution in [0.4, 0.5) is 0 Å². The molecule has 158 valence electrons. The highest BCUT2D eigenvalue weighted by molar-refractivity contribution is 8.17. The Kier molecular flexibility index (Phi) is 11.4. The summed E-state index contributed by atoms with van der Waals surface area (Å²) in [5, 5.41) is 4.36. The molecule has 0 aromatic heterocycles. The third kappa shape index (κ3) is 9.27. The first kappa shape index (κ1) is 23.7. The second kappa shape index (κ2) is 14.4. The molecule has 0 fully saturated rings. The Hall–Kier alpha value is -2.59. The van der Waals surface area contributed by atoms with Crippen LogP contribution in [0.15, 0.2) is 72.1 Å². The first-order valence-corrected chi connectivity index (χ1v) is 11.6. The number of hydrogen-bond acceptors (Lipinski definition) is 3. The average molecular weight is 422 g/mol. The lowest BCUT2D eigenvalue weighted by atomic mass is 10.0. The van der Waals surface area contributed by atoms with E-state index in [1.54, 1.807) is 5.41 Å². The Balaban J connectivity index is 1.87. The quantitative estimate of drug-likeness (QED) is 0.242. The molecule has 0 aliphatic heterocycles. The lowest BCUT2D eigenvalue weighted by molar-refractivity contribution is -0.116. The summed E-state index contributed by atoms with van der Waals surface area (Å²) in [6, 6.07) is 19.4. The summed E-state index contributed by atoms with van der Waals surface area (Å²) in [5.74, 6) is -0.155. The monoisotopic (exact) mass is 421 g/mol. The zero-order chi connectivity index (χ0) is 21.4. The number of unbranched alkanes of at least 4 members (excludes halogenated alkanes) is 5. The van der Waals surface area contributed by atoms with E-state index in [0.717, 1.165) is 35.7 Å². The van der Waals surface area contributed by atoms with Crippen molar-refractivity contribution in [1.82, 2.24) is 5.32 Å². The van der Waals surface area contributed by atoms with Gasteiger partial charge in [-0.25, -0.2) is 0 Å². The second-order valence-corrected chi connectivity index (χ2v) is 7.98. The Morgan fingerprint density at radius 2 is 1.50 bits per heavy atom. The van der Waals surface area contributed by atoms with E-state index in [1.807, 2.05) is 66.7 Å². The molecule has 0 atom stereocenters. The van der Waals surface area contributed by atoms with Crippen LogP contribution in [0, 0.1) is 0 Å². The highest BCUT2D eigenvalue weighted by atomic mass is 32.2. The third-order valence-electron chi connectivity index (χ3n) is 4.64. The van der Waals surface area contributed by atoms with Crippen molar-refractivity contribution in [2.24, 2.45) is 0 Å². The van der Waals surface area contributed by atoms with E-state index < -0.39 is 0 Å². The van der Waals surface area contributed by atoms with Gasteiger partial charge >= 0.3 is 0 Å². The topological polar surface area (TPSA) is 46.2 Å². The summed E-state index contributed by atoms with van der Waals surface area (Å²) < 4.78 is 0. The fourth-order valence-corrected chi connectivity index (χ4v) is 3.61. The molecule has 2 aromatic carbocycles. The Morgan fingerprint density at radius 1 is 0.867 bits per heavy atom. The van der Waals surface area contributed by atoms with Gasteiger partial charge in [-0.1, -0.05) is 111 Å². The fourth-order valence-electron chi connectivity index (χ4n) is 2.99. The van der Waals surface area contributed by atoms with E-state index in [4.69, 9.17) is 0 Å². The molecule has 4 heteroatoms. The van der Waals surface area contributed by atoms with Gasteiger partial charge in [-0.15, -0.1) is 0 Å². The number of thioether (sulfide) groups is 1. The maximum absolute atomic E-state index is 12.8. The van der Waals surface area contributed by atoms with Crippen LogP contribution < -0.4 is 5.32 Å². The summed E-state index contributed by atoms with van der Waals surface area (Å²) in [4.78, 5) is 24.8. The van der Waals surface area contributed by atoms with Gasteiger partial charge in [0, 0.05) is 18.2 Å². The minimum absolute atomic E-state index is 0.0926. The van der Waals surface area contributed by atoms with E-state index in [-0.39, 0.29) is 11.0 Å². The van der Waals surface area contributed by atoms with Crippen molar-refractivity contribution >= 4 is 34.4 Å². The van der Waals surface area contributed by atoms with Crippen molar-refractivity contribution in [2.75, 3.05) is 6.54 Å². The lowest BCUT2D eigenvalue weighted by Gasteiger charge is -2.06. The molecule has 0 unspecified atom stereocenters. The molecule has 0 saturated heterocycles. The number of benzene rings is 2. The predicted molar refractivity (Wildman–Crippen MR) is 129 cm³/mol. The minimum atomic E-state index is -0.155. The van der Waals surface area contributed by atoms with Gasteiger partial charge in [0.15, 0.2) is 0 Å². The average Bonchev–Trinajstić information content (AvgIpc) is 2.78. The van der Waals surface area contributed by atoms with Crippen LogP contribution >= 0.6 is 11.8 Å². The summed E-state index contributed by atoms with van der Waals surface area (Å²) in [6.45, 7) is 2.88. The molecule has 0 heterocycles. The second-order valence-electron chi connectivity index (χ2n) is 7.10. The first-order valence-electron chi connectivity index (χ1n) is 10.7. The van der Waals surface area contributed by atoms with Crippen molar-refractivity contribution < 1.29 is 9.59 Å². The highest BCUT2D eigenvalue weighted by Gasteiger charge is 2.12.